The van der Waals surface area contributed by atoms with Crippen molar-refractivity contribution in [3.63, 3.8) is 0 Å². The van der Waals surface area contributed by atoms with Crippen LogP contribution in [0.5, 0.6) is 0 Å². The highest BCUT2D eigenvalue weighted by Gasteiger charge is 2.22. The molecule has 1 aliphatic rings. The van der Waals surface area contributed by atoms with E-state index in [0.717, 1.165) is 52.0 Å². The normalized spacial score (nSPS) is 13.0. The number of hydrogen-bond acceptors (Lipinski definition) is 5. The number of carbonyl (C=O) groups is 1. The van der Waals surface area contributed by atoms with Gasteiger partial charge in [0.1, 0.15) is 11.3 Å². The van der Waals surface area contributed by atoms with E-state index >= 15 is 0 Å². The van der Waals surface area contributed by atoms with Crippen LogP contribution in [0.3, 0.4) is 0 Å². The van der Waals surface area contributed by atoms with Gasteiger partial charge in [-0.25, -0.2) is 14.4 Å². The number of benzene rings is 1. The molecule has 9 heteroatoms. The first kappa shape index (κ1) is 25.4. The maximum atomic E-state index is 14.1. The lowest BCUT2D eigenvalue weighted by molar-refractivity contribution is -0.116. The zero-order valence-corrected chi connectivity index (χ0v) is 22.3. The number of fused-ring (bicyclic) bond motifs is 2. The quantitative estimate of drug-likeness (QED) is 0.218. The van der Waals surface area contributed by atoms with Gasteiger partial charge < -0.3 is 10.3 Å². The zero-order valence-electron chi connectivity index (χ0n) is 22.3. The van der Waals surface area contributed by atoms with Crippen LogP contribution < -0.4 is 5.32 Å². The van der Waals surface area contributed by atoms with Gasteiger partial charge in [0.2, 0.25) is 5.91 Å². The molecule has 0 unspecified atom stereocenters. The molecule has 6 rings (SSSR count). The Hall–Kier alpha value is -4.92. The van der Waals surface area contributed by atoms with Crippen molar-refractivity contribution in [1.82, 2.24) is 30.1 Å². The lowest BCUT2D eigenvalue weighted by atomic mass is 10.0. The first-order valence-electron chi connectivity index (χ1n) is 13.3. The summed E-state index contributed by atoms with van der Waals surface area (Å²) >= 11 is 0. The summed E-state index contributed by atoms with van der Waals surface area (Å²) in [5.74, 6) is 0.249. The fourth-order valence-electron chi connectivity index (χ4n) is 4.84. The number of H-pyrrole nitrogens is 2. The summed E-state index contributed by atoms with van der Waals surface area (Å²) in [5.41, 5.74) is 8.54. The summed E-state index contributed by atoms with van der Waals surface area (Å²) in [7, 11) is 0. The van der Waals surface area contributed by atoms with Gasteiger partial charge in [-0.3, -0.25) is 14.9 Å². The molecule has 4 heterocycles. The van der Waals surface area contributed by atoms with Gasteiger partial charge in [-0.1, -0.05) is 43.2 Å². The fourth-order valence-corrected chi connectivity index (χ4v) is 4.84. The van der Waals surface area contributed by atoms with Crippen LogP contribution in [0.2, 0.25) is 0 Å². The maximum Gasteiger partial charge on any atom is 0.224 e. The predicted octanol–water partition coefficient (Wildman–Crippen LogP) is 6.61. The maximum absolute atomic E-state index is 14.1. The second-order valence-corrected chi connectivity index (χ2v) is 9.97. The number of hydrogen-bond donors (Lipinski definition) is 3. The fraction of sp³-hybridized carbons (Fsp3) is 0.194. The first-order valence-corrected chi connectivity index (χ1v) is 13.3. The number of nitrogens with one attached hydrogen (secondary N) is 3. The van der Waals surface area contributed by atoms with Crippen LogP contribution in [-0.4, -0.2) is 36.0 Å². The first-order chi connectivity index (χ1) is 19.5. The number of unbranched alkanes of at least 4 members (excludes halogenated alkanes) is 1. The van der Waals surface area contributed by atoms with Crippen molar-refractivity contribution in [2.45, 2.75) is 39.5 Å². The lowest BCUT2D eigenvalue weighted by Gasteiger charge is -2.07. The smallest absolute Gasteiger partial charge is 0.224 e. The van der Waals surface area contributed by atoms with E-state index in [2.05, 4.69) is 39.3 Å². The highest BCUT2D eigenvalue weighted by Crippen LogP contribution is 2.33. The van der Waals surface area contributed by atoms with Gasteiger partial charge in [0.15, 0.2) is 11.5 Å². The van der Waals surface area contributed by atoms with Crippen LogP contribution in [0, 0.1) is 5.82 Å². The van der Waals surface area contributed by atoms with E-state index < -0.39 is 0 Å². The molecule has 0 bridgehead atoms. The Morgan fingerprint density at radius 1 is 1.05 bits per heavy atom. The molecule has 4 aromatic heterocycles. The minimum atomic E-state index is -0.297. The third-order valence-electron chi connectivity index (χ3n) is 6.87. The number of anilines is 1. The topological polar surface area (TPSA) is 112 Å². The molecule has 1 aliphatic carbocycles. The molecule has 5 aromatic rings. The SMILES string of the molecule is CCCCC(=O)Nc1cncc(-c2ccc3[nH]nc(-c4nc5c([nH]4)CC(C)=CC=C5c4cccc(F)c4)c3n2)c1. The van der Waals surface area contributed by atoms with E-state index in [1.54, 1.807) is 18.5 Å². The molecule has 40 heavy (non-hydrogen) atoms. The molecule has 0 spiro atoms. The molecule has 0 fully saturated rings. The van der Waals surface area contributed by atoms with Crippen molar-refractivity contribution in [1.29, 1.82) is 0 Å². The Morgan fingerprint density at radius 2 is 1.95 bits per heavy atom. The summed E-state index contributed by atoms with van der Waals surface area (Å²) in [6.07, 6.45) is 10.3. The summed E-state index contributed by atoms with van der Waals surface area (Å²) in [5, 5.41) is 10.5. The van der Waals surface area contributed by atoms with Crippen molar-refractivity contribution in [2.75, 3.05) is 5.32 Å². The van der Waals surface area contributed by atoms with Crippen molar-refractivity contribution < 1.29 is 9.18 Å². The molecule has 0 saturated carbocycles. The molecule has 0 radical (unpaired) electrons. The second kappa shape index (κ2) is 10.7. The highest BCUT2D eigenvalue weighted by molar-refractivity contribution is 5.92. The molecule has 0 atom stereocenters. The van der Waals surface area contributed by atoms with E-state index in [9.17, 15) is 9.18 Å². The Kier molecular flexibility index (Phi) is 6.77. The van der Waals surface area contributed by atoms with Crippen molar-refractivity contribution in [3.8, 4) is 22.8 Å². The third kappa shape index (κ3) is 5.05. The van der Waals surface area contributed by atoms with E-state index in [1.165, 1.54) is 12.1 Å². The van der Waals surface area contributed by atoms with Crippen LogP contribution in [0.4, 0.5) is 10.1 Å². The summed E-state index contributed by atoms with van der Waals surface area (Å²) in [6, 6.07) is 12.2. The molecule has 200 valence electrons. The number of carbonyl (C=O) groups excluding carboxylic acids is 1. The number of amides is 1. The molecule has 8 nitrogen and oxygen atoms in total. The van der Waals surface area contributed by atoms with Gasteiger partial charge >= 0.3 is 0 Å². The number of rotatable bonds is 7. The Balaban J connectivity index is 1.37. The molecular weight excluding hydrogens is 505 g/mol. The zero-order chi connectivity index (χ0) is 27.6. The van der Waals surface area contributed by atoms with Crippen molar-refractivity contribution in [3.05, 3.63) is 95.4 Å². The van der Waals surface area contributed by atoms with Gasteiger partial charge in [-0.05, 0) is 49.2 Å². The van der Waals surface area contributed by atoms with Gasteiger partial charge in [-0.2, -0.15) is 5.10 Å². The van der Waals surface area contributed by atoms with Crippen LogP contribution in [0.1, 0.15) is 50.1 Å². The number of imidazole rings is 1. The second-order valence-electron chi connectivity index (χ2n) is 9.97. The Morgan fingerprint density at radius 3 is 2.80 bits per heavy atom. The van der Waals surface area contributed by atoms with E-state index in [4.69, 9.17) is 9.97 Å². The highest BCUT2D eigenvalue weighted by atomic mass is 19.1. The van der Waals surface area contributed by atoms with Gasteiger partial charge in [0, 0.05) is 35.9 Å². The number of allylic oxidation sites excluding steroid dienone is 3. The van der Waals surface area contributed by atoms with E-state index in [0.29, 0.717) is 41.3 Å². The molecule has 1 aromatic carbocycles. The van der Waals surface area contributed by atoms with Crippen LogP contribution >= 0.6 is 0 Å². The molecule has 0 aliphatic heterocycles. The number of nitrogens with zero attached hydrogens (tertiary/aromatic N) is 4. The Labute approximate surface area is 230 Å². The summed E-state index contributed by atoms with van der Waals surface area (Å²) < 4.78 is 14.1. The van der Waals surface area contributed by atoms with Crippen molar-refractivity contribution >= 4 is 28.2 Å². The number of pyridine rings is 2. The Bertz CT molecular complexity index is 1800. The van der Waals surface area contributed by atoms with Gasteiger partial charge in [0.25, 0.3) is 0 Å². The minimum Gasteiger partial charge on any atom is -0.340 e. The summed E-state index contributed by atoms with van der Waals surface area (Å²) in [6.45, 7) is 4.11. The predicted molar refractivity (Wildman–Crippen MR) is 154 cm³/mol. The molecule has 1 amide bonds. The number of aromatic amines is 2. The number of aromatic nitrogens is 6. The van der Waals surface area contributed by atoms with E-state index in [1.807, 2.05) is 36.4 Å². The number of halogens is 1. The molecular formula is C31H28FN7O. The van der Waals surface area contributed by atoms with Crippen LogP contribution in [0.25, 0.3) is 39.4 Å². The van der Waals surface area contributed by atoms with Crippen molar-refractivity contribution in [2.24, 2.45) is 0 Å². The largest absolute Gasteiger partial charge is 0.340 e. The average Bonchev–Trinajstić information content (AvgIpc) is 3.52. The standard InChI is InChI=1S/C31H28FN7O/c1-3-4-8-27(40)34-22-15-20(16-33-17-22)24-11-12-25-29(35-24)30(39-38-25)31-36-26-13-18(2)9-10-23(28(26)37-31)19-6-5-7-21(32)14-19/h5-7,9-12,14-17H,3-4,8,13H2,1-2H3,(H,34,40)(H,36,37)(H,38,39). The van der Waals surface area contributed by atoms with Crippen LogP contribution in [0.15, 0.2) is 72.6 Å². The monoisotopic (exact) mass is 533 g/mol. The third-order valence-corrected chi connectivity index (χ3v) is 6.87. The van der Waals surface area contributed by atoms with Crippen LogP contribution in [-0.2, 0) is 11.2 Å². The van der Waals surface area contributed by atoms with Gasteiger partial charge in [0.05, 0.1) is 28.8 Å². The molecule has 3 N–H and O–H groups in total. The minimum absolute atomic E-state index is 0.0318. The average molecular weight is 534 g/mol. The summed E-state index contributed by atoms with van der Waals surface area (Å²) in [4.78, 5) is 29.8. The molecule has 0 saturated heterocycles. The van der Waals surface area contributed by atoms with E-state index in [-0.39, 0.29) is 11.7 Å². The van der Waals surface area contributed by atoms with Gasteiger partial charge in [-0.15, -0.1) is 0 Å². The lowest BCUT2D eigenvalue weighted by Crippen LogP contribution is -2.11.